The van der Waals surface area contributed by atoms with Gasteiger partial charge in [0.25, 0.3) is 0 Å². The van der Waals surface area contributed by atoms with Crippen LogP contribution in [0.4, 0.5) is 0 Å². The Balaban J connectivity index is 1.97. The van der Waals surface area contributed by atoms with Crippen molar-refractivity contribution < 1.29 is 19.4 Å². The van der Waals surface area contributed by atoms with Crippen LogP contribution in [0.25, 0.3) is 0 Å². The zero-order valence-electron chi connectivity index (χ0n) is 18.4. The Hall–Kier alpha value is -2.08. The van der Waals surface area contributed by atoms with Crippen LogP contribution < -0.4 is 4.74 Å². The normalized spacial score (nSPS) is 18.5. The third kappa shape index (κ3) is 5.59. The van der Waals surface area contributed by atoms with E-state index in [1.807, 2.05) is 43.3 Å². The lowest BCUT2D eigenvalue weighted by atomic mass is 9.74. The van der Waals surface area contributed by atoms with Gasteiger partial charge < -0.3 is 19.5 Å². The number of carbonyl (C=O) groups is 1. The van der Waals surface area contributed by atoms with Crippen LogP contribution in [0.15, 0.2) is 42.5 Å². The van der Waals surface area contributed by atoms with Crippen molar-refractivity contribution in [3.63, 3.8) is 0 Å². The standard InChI is InChI=1S/C25H32ClNO4/c1-19-9-7-12-22(26)24(19)31-23-13-4-3-11-21(23)25(29,14-5-6-16-30-2)20-10-8-15-27(17-20)18-28/h3-4,7,9,11-13,18,20,29H,5-6,8,10,14-17H2,1-2H3/t20-,25+/m1/s1. The van der Waals surface area contributed by atoms with Gasteiger partial charge in [-0.1, -0.05) is 41.9 Å². The van der Waals surface area contributed by atoms with Gasteiger partial charge in [-0.25, -0.2) is 0 Å². The number of unbranched alkanes of at least 4 members (excludes halogenated alkanes) is 1. The second kappa shape index (κ2) is 11.0. The summed E-state index contributed by atoms with van der Waals surface area (Å²) in [7, 11) is 1.68. The lowest BCUT2D eigenvalue weighted by Gasteiger charge is -2.42. The van der Waals surface area contributed by atoms with E-state index in [0.29, 0.717) is 36.1 Å². The maximum atomic E-state index is 12.1. The number of aliphatic hydroxyl groups is 1. The molecule has 1 aliphatic rings. The van der Waals surface area contributed by atoms with E-state index in [1.165, 1.54) is 0 Å². The number of rotatable bonds is 10. The number of carbonyl (C=O) groups excluding carboxylic acids is 1. The maximum absolute atomic E-state index is 12.1. The number of methoxy groups -OCH3 is 1. The molecule has 5 nitrogen and oxygen atoms in total. The minimum absolute atomic E-state index is 0.0777. The van der Waals surface area contributed by atoms with Gasteiger partial charge in [-0.2, -0.15) is 0 Å². The molecule has 0 aliphatic carbocycles. The van der Waals surface area contributed by atoms with E-state index in [9.17, 15) is 9.90 Å². The fraction of sp³-hybridized carbons (Fsp3) is 0.480. The Morgan fingerprint density at radius 2 is 2.03 bits per heavy atom. The summed E-state index contributed by atoms with van der Waals surface area (Å²) in [6.07, 6.45) is 4.83. The molecule has 1 N–H and O–H groups in total. The van der Waals surface area contributed by atoms with Gasteiger partial charge in [0.05, 0.1) is 10.6 Å². The maximum Gasteiger partial charge on any atom is 0.209 e. The lowest BCUT2D eigenvalue weighted by molar-refractivity contribution is -0.123. The molecule has 31 heavy (non-hydrogen) atoms. The van der Waals surface area contributed by atoms with Crippen molar-refractivity contribution in [3.8, 4) is 11.5 Å². The molecule has 6 heteroatoms. The van der Waals surface area contributed by atoms with Gasteiger partial charge in [-0.05, 0) is 56.7 Å². The molecule has 1 amide bonds. The highest BCUT2D eigenvalue weighted by molar-refractivity contribution is 6.32. The van der Waals surface area contributed by atoms with Crippen molar-refractivity contribution in [2.24, 2.45) is 5.92 Å². The van der Waals surface area contributed by atoms with E-state index in [0.717, 1.165) is 49.8 Å². The number of para-hydroxylation sites is 2. The second-order valence-corrected chi connectivity index (χ2v) is 8.70. The molecule has 0 radical (unpaired) electrons. The Morgan fingerprint density at radius 1 is 1.23 bits per heavy atom. The number of halogens is 1. The van der Waals surface area contributed by atoms with E-state index >= 15 is 0 Å². The van der Waals surface area contributed by atoms with Crippen LogP contribution in [0.5, 0.6) is 11.5 Å². The Bertz CT molecular complexity index is 854. The van der Waals surface area contributed by atoms with Gasteiger partial charge >= 0.3 is 0 Å². The number of ether oxygens (including phenoxy) is 2. The average Bonchev–Trinajstić information content (AvgIpc) is 2.79. The molecule has 0 aromatic heterocycles. The Labute approximate surface area is 189 Å². The van der Waals surface area contributed by atoms with Crippen LogP contribution in [-0.4, -0.2) is 43.2 Å². The summed E-state index contributed by atoms with van der Waals surface area (Å²) in [6.45, 7) is 3.86. The largest absolute Gasteiger partial charge is 0.455 e. The van der Waals surface area contributed by atoms with Crippen LogP contribution in [0.2, 0.25) is 5.02 Å². The Kier molecular flexibility index (Phi) is 8.35. The average molecular weight is 446 g/mol. The van der Waals surface area contributed by atoms with E-state index in [4.69, 9.17) is 21.1 Å². The third-order valence-electron chi connectivity index (χ3n) is 6.16. The fourth-order valence-corrected chi connectivity index (χ4v) is 4.72. The molecule has 1 saturated heterocycles. The highest BCUT2D eigenvalue weighted by Gasteiger charge is 2.42. The molecule has 1 fully saturated rings. The van der Waals surface area contributed by atoms with Gasteiger partial charge in [0.15, 0.2) is 0 Å². The topological polar surface area (TPSA) is 59.0 Å². The van der Waals surface area contributed by atoms with Crippen LogP contribution >= 0.6 is 11.6 Å². The number of nitrogens with zero attached hydrogens (tertiary/aromatic N) is 1. The van der Waals surface area contributed by atoms with Gasteiger partial charge in [0, 0.05) is 38.3 Å². The first kappa shape index (κ1) is 23.6. The van der Waals surface area contributed by atoms with Crippen molar-refractivity contribution in [3.05, 3.63) is 58.6 Å². The number of amides is 1. The summed E-state index contributed by atoms with van der Waals surface area (Å²) in [5.41, 5.74) is 0.543. The first-order valence-corrected chi connectivity index (χ1v) is 11.3. The molecule has 0 unspecified atom stereocenters. The molecular weight excluding hydrogens is 414 g/mol. The molecule has 1 aliphatic heterocycles. The summed E-state index contributed by atoms with van der Waals surface area (Å²) in [5, 5.41) is 12.7. The molecule has 2 atom stereocenters. The van der Waals surface area contributed by atoms with Crippen LogP contribution in [0.3, 0.4) is 0 Å². The molecule has 0 bridgehead atoms. The lowest BCUT2D eigenvalue weighted by Crippen LogP contribution is -2.46. The number of likely N-dealkylation sites (tertiary alicyclic amines) is 1. The van der Waals surface area contributed by atoms with E-state index in [-0.39, 0.29) is 5.92 Å². The van der Waals surface area contributed by atoms with E-state index < -0.39 is 5.60 Å². The second-order valence-electron chi connectivity index (χ2n) is 8.30. The highest BCUT2D eigenvalue weighted by atomic mass is 35.5. The molecule has 0 spiro atoms. The molecule has 1 heterocycles. The Morgan fingerprint density at radius 3 is 2.77 bits per heavy atom. The number of hydrogen-bond acceptors (Lipinski definition) is 4. The quantitative estimate of drug-likeness (QED) is 0.397. The number of piperidine rings is 1. The summed E-state index contributed by atoms with van der Waals surface area (Å²) in [5.74, 6) is 1.11. The van der Waals surface area contributed by atoms with E-state index in [1.54, 1.807) is 18.1 Å². The van der Waals surface area contributed by atoms with Gasteiger partial charge in [-0.15, -0.1) is 0 Å². The van der Waals surface area contributed by atoms with Crippen molar-refractivity contribution >= 4 is 18.0 Å². The highest BCUT2D eigenvalue weighted by Crippen LogP contribution is 2.45. The summed E-state index contributed by atoms with van der Waals surface area (Å²) >= 11 is 6.40. The molecule has 3 rings (SSSR count). The van der Waals surface area contributed by atoms with Crippen molar-refractivity contribution in [1.82, 2.24) is 4.90 Å². The van der Waals surface area contributed by atoms with Crippen molar-refractivity contribution in [2.45, 2.75) is 44.6 Å². The van der Waals surface area contributed by atoms with Gasteiger partial charge in [0.2, 0.25) is 6.41 Å². The summed E-state index contributed by atoms with van der Waals surface area (Å²) in [6, 6.07) is 13.3. The van der Waals surface area contributed by atoms with E-state index in [2.05, 4.69) is 0 Å². The first-order valence-electron chi connectivity index (χ1n) is 10.9. The number of benzene rings is 2. The smallest absolute Gasteiger partial charge is 0.209 e. The van der Waals surface area contributed by atoms with Crippen LogP contribution in [0, 0.1) is 12.8 Å². The SMILES string of the molecule is COCCCC[C@@](O)(c1ccccc1Oc1c(C)cccc1Cl)[C@@H]1CCCN(C=O)C1. The fourth-order valence-electron chi connectivity index (χ4n) is 4.46. The molecular formula is C25H32ClNO4. The molecule has 168 valence electrons. The predicted octanol–water partition coefficient (Wildman–Crippen LogP) is 5.31. The molecule has 2 aromatic rings. The summed E-state index contributed by atoms with van der Waals surface area (Å²) < 4.78 is 11.5. The number of aryl methyl sites for hydroxylation is 1. The van der Waals surface area contributed by atoms with Crippen molar-refractivity contribution in [2.75, 3.05) is 26.8 Å². The number of hydrogen-bond donors (Lipinski definition) is 1. The first-order chi connectivity index (χ1) is 15.0. The predicted molar refractivity (Wildman–Crippen MR) is 123 cm³/mol. The minimum atomic E-state index is -1.12. The minimum Gasteiger partial charge on any atom is -0.455 e. The zero-order valence-corrected chi connectivity index (χ0v) is 19.1. The van der Waals surface area contributed by atoms with Crippen molar-refractivity contribution in [1.29, 1.82) is 0 Å². The zero-order chi connectivity index (χ0) is 22.3. The van der Waals surface area contributed by atoms with Crippen LogP contribution in [-0.2, 0) is 15.1 Å². The molecule has 0 saturated carbocycles. The third-order valence-corrected chi connectivity index (χ3v) is 6.46. The monoisotopic (exact) mass is 445 g/mol. The molecule has 2 aromatic carbocycles. The van der Waals surface area contributed by atoms with Crippen LogP contribution in [0.1, 0.15) is 43.2 Å². The van der Waals surface area contributed by atoms with Gasteiger partial charge in [0.1, 0.15) is 11.5 Å². The van der Waals surface area contributed by atoms with Gasteiger partial charge in [-0.3, -0.25) is 4.79 Å². The summed E-state index contributed by atoms with van der Waals surface area (Å²) in [4.78, 5) is 13.2.